The SMILES string of the molecule is C=CC1=C(C)N=NCC1C=C. The summed E-state index contributed by atoms with van der Waals surface area (Å²) in [5, 5.41) is 7.92. The fourth-order valence-corrected chi connectivity index (χ4v) is 1.16. The summed E-state index contributed by atoms with van der Waals surface area (Å²) in [6, 6.07) is 0. The maximum atomic E-state index is 3.97. The Morgan fingerprint density at radius 2 is 2.27 bits per heavy atom. The van der Waals surface area contributed by atoms with Crippen LogP contribution in [0.1, 0.15) is 6.92 Å². The highest BCUT2D eigenvalue weighted by Crippen LogP contribution is 2.23. The van der Waals surface area contributed by atoms with Gasteiger partial charge < -0.3 is 0 Å². The zero-order valence-electron chi connectivity index (χ0n) is 6.75. The van der Waals surface area contributed by atoms with Crippen molar-refractivity contribution >= 4 is 0 Å². The number of allylic oxidation sites excluding steroid dienone is 2. The Bertz CT molecular complexity index is 236. The number of rotatable bonds is 2. The minimum atomic E-state index is 0.310. The van der Waals surface area contributed by atoms with Crippen molar-refractivity contribution in [3.05, 3.63) is 36.6 Å². The van der Waals surface area contributed by atoms with Crippen LogP contribution in [-0.4, -0.2) is 6.54 Å². The van der Waals surface area contributed by atoms with Crippen LogP contribution in [0.2, 0.25) is 0 Å². The largest absolute Gasteiger partial charge is 0.188 e. The van der Waals surface area contributed by atoms with E-state index in [1.807, 2.05) is 19.1 Å². The van der Waals surface area contributed by atoms with E-state index in [0.717, 1.165) is 11.3 Å². The Labute approximate surface area is 67.0 Å². The Morgan fingerprint density at radius 3 is 2.73 bits per heavy atom. The molecule has 1 rings (SSSR count). The first-order valence-corrected chi connectivity index (χ1v) is 3.63. The topological polar surface area (TPSA) is 24.7 Å². The van der Waals surface area contributed by atoms with Gasteiger partial charge in [0.2, 0.25) is 0 Å². The normalized spacial score (nSPS) is 23.5. The summed E-state index contributed by atoms with van der Waals surface area (Å²) in [5.74, 6) is 0.310. The fourth-order valence-electron chi connectivity index (χ4n) is 1.16. The van der Waals surface area contributed by atoms with Crippen molar-refractivity contribution < 1.29 is 0 Å². The lowest BCUT2D eigenvalue weighted by molar-refractivity contribution is 0.706. The van der Waals surface area contributed by atoms with Crippen LogP contribution in [0, 0.1) is 5.92 Å². The van der Waals surface area contributed by atoms with Crippen LogP contribution in [-0.2, 0) is 0 Å². The summed E-state index contributed by atoms with van der Waals surface area (Å²) >= 11 is 0. The molecule has 1 atom stereocenters. The molecular weight excluding hydrogens is 136 g/mol. The monoisotopic (exact) mass is 148 g/mol. The van der Waals surface area contributed by atoms with Gasteiger partial charge in [0.25, 0.3) is 0 Å². The van der Waals surface area contributed by atoms with Gasteiger partial charge in [-0.25, -0.2) is 0 Å². The van der Waals surface area contributed by atoms with Crippen molar-refractivity contribution in [1.82, 2.24) is 0 Å². The third-order valence-electron chi connectivity index (χ3n) is 1.82. The minimum absolute atomic E-state index is 0.310. The molecule has 0 bridgehead atoms. The van der Waals surface area contributed by atoms with Crippen LogP contribution in [0.4, 0.5) is 0 Å². The van der Waals surface area contributed by atoms with E-state index in [4.69, 9.17) is 0 Å². The van der Waals surface area contributed by atoms with Crippen LogP contribution in [0.5, 0.6) is 0 Å². The van der Waals surface area contributed by atoms with Crippen LogP contribution in [0.3, 0.4) is 0 Å². The Kier molecular flexibility index (Phi) is 2.36. The molecule has 0 amide bonds. The second kappa shape index (κ2) is 3.28. The van der Waals surface area contributed by atoms with Crippen LogP contribution in [0.25, 0.3) is 0 Å². The van der Waals surface area contributed by atoms with E-state index in [2.05, 4.69) is 23.4 Å². The molecule has 0 radical (unpaired) electrons. The molecule has 2 nitrogen and oxygen atoms in total. The molecule has 1 aliphatic heterocycles. The summed E-state index contributed by atoms with van der Waals surface area (Å²) < 4.78 is 0. The summed E-state index contributed by atoms with van der Waals surface area (Å²) in [6.45, 7) is 10.1. The average molecular weight is 148 g/mol. The van der Waals surface area contributed by atoms with E-state index < -0.39 is 0 Å². The van der Waals surface area contributed by atoms with Crippen molar-refractivity contribution in [1.29, 1.82) is 0 Å². The van der Waals surface area contributed by atoms with Gasteiger partial charge in [0, 0.05) is 5.92 Å². The predicted molar refractivity (Wildman–Crippen MR) is 46.3 cm³/mol. The van der Waals surface area contributed by atoms with Gasteiger partial charge in [-0.1, -0.05) is 18.7 Å². The van der Waals surface area contributed by atoms with Crippen LogP contribution < -0.4 is 0 Å². The first kappa shape index (κ1) is 7.92. The first-order chi connectivity index (χ1) is 5.29. The quantitative estimate of drug-likeness (QED) is 0.538. The highest BCUT2D eigenvalue weighted by Gasteiger charge is 2.13. The van der Waals surface area contributed by atoms with Crippen molar-refractivity contribution in [3.63, 3.8) is 0 Å². The van der Waals surface area contributed by atoms with E-state index in [-0.39, 0.29) is 0 Å². The van der Waals surface area contributed by atoms with E-state index in [0.29, 0.717) is 12.5 Å². The molecule has 11 heavy (non-hydrogen) atoms. The van der Waals surface area contributed by atoms with E-state index >= 15 is 0 Å². The predicted octanol–water partition coefficient (Wildman–Crippen LogP) is 2.71. The Balaban J connectivity index is 2.98. The van der Waals surface area contributed by atoms with Gasteiger partial charge in [-0.15, -0.1) is 6.58 Å². The molecule has 0 aromatic heterocycles. The molecule has 0 saturated carbocycles. The van der Waals surface area contributed by atoms with E-state index in [1.54, 1.807) is 0 Å². The highest BCUT2D eigenvalue weighted by atomic mass is 15.1. The number of azo groups is 1. The van der Waals surface area contributed by atoms with Gasteiger partial charge in [0.15, 0.2) is 0 Å². The average Bonchev–Trinajstić information content (AvgIpc) is 2.04. The van der Waals surface area contributed by atoms with Gasteiger partial charge in [-0.05, 0) is 12.5 Å². The molecule has 0 spiro atoms. The molecule has 2 heteroatoms. The highest BCUT2D eigenvalue weighted by molar-refractivity contribution is 5.29. The minimum Gasteiger partial charge on any atom is -0.188 e. The second-order valence-electron chi connectivity index (χ2n) is 2.51. The van der Waals surface area contributed by atoms with Crippen molar-refractivity contribution in [3.8, 4) is 0 Å². The molecular formula is C9H12N2. The van der Waals surface area contributed by atoms with E-state index in [9.17, 15) is 0 Å². The summed E-state index contributed by atoms with van der Waals surface area (Å²) in [4.78, 5) is 0. The van der Waals surface area contributed by atoms with Gasteiger partial charge in [-0.2, -0.15) is 10.2 Å². The summed E-state index contributed by atoms with van der Waals surface area (Å²) in [6.07, 6.45) is 3.72. The van der Waals surface area contributed by atoms with Gasteiger partial charge in [-0.3, -0.25) is 0 Å². The third-order valence-corrected chi connectivity index (χ3v) is 1.82. The molecule has 0 aliphatic carbocycles. The maximum Gasteiger partial charge on any atom is 0.0707 e. The molecule has 0 N–H and O–H groups in total. The molecule has 0 aromatic rings. The second-order valence-corrected chi connectivity index (χ2v) is 2.51. The van der Waals surface area contributed by atoms with Gasteiger partial charge in [0.05, 0.1) is 12.2 Å². The lowest BCUT2D eigenvalue weighted by Crippen LogP contribution is -2.07. The molecule has 58 valence electrons. The van der Waals surface area contributed by atoms with Crippen LogP contribution >= 0.6 is 0 Å². The number of hydrogen-bond acceptors (Lipinski definition) is 2. The number of nitrogens with zero attached hydrogens (tertiary/aromatic N) is 2. The summed E-state index contributed by atoms with van der Waals surface area (Å²) in [7, 11) is 0. The molecule has 1 heterocycles. The zero-order valence-corrected chi connectivity index (χ0v) is 6.75. The lowest BCUT2D eigenvalue weighted by Gasteiger charge is -2.15. The van der Waals surface area contributed by atoms with E-state index in [1.165, 1.54) is 0 Å². The van der Waals surface area contributed by atoms with Gasteiger partial charge >= 0.3 is 0 Å². The summed E-state index contributed by atoms with van der Waals surface area (Å²) in [5.41, 5.74) is 2.10. The van der Waals surface area contributed by atoms with Gasteiger partial charge in [0.1, 0.15) is 0 Å². The van der Waals surface area contributed by atoms with Crippen LogP contribution in [0.15, 0.2) is 46.8 Å². The third kappa shape index (κ3) is 1.45. The fraction of sp³-hybridized carbons (Fsp3) is 0.333. The Hall–Kier alpha value is -1.18. The first-order valence-electron chi connectivity index (χ1n) is 3.63. The maximum absolute atomic E-state index is 3.97. The molecule has 0 fully saturated rings. The van der Waals surface area contributed by atoms with Crippen molar-refractivity contribution in [2.45, 2.75) is 6.92 Å². The lowest BCUT2D eigenvalue weighted by atomic mass is 9.97. The molecule has 1 unspecified atom stereocenters. The molecule has 1 aliphatic rings. The van der Waals surface area contributed by atoms with Crippen molar-refractivity contribution in [2.75, 3.05) is 6.54 Å². The molecule has 0 aromatic carbocycles. The van der Waals surface area contributed by atoms with Crippen molar-refractivity contribution in [2.24, 2.45) is 16.1 Å². The molecule has 0 saturated heterocycles. The Morgan fingerprint density at radius 1 is 1.55 bits per heavy atom. The number of hydrogen-bond donors (Lipinski definition) is 0. The standard InChI is InChI=1S/C9H12N2/c1-4-8-6-10-11-7(3)9(8)5-2/h4-5,8H,1-2,6H2,3H3. The zero-order chi connectivity index (χ0) is 8.27. The smallest absolute Gasteiger partial charge is 0.0707 e.